The minimum absolute atomic E-state index is 0.304. The Morgan fingerprint density at radius 3 is 2.94 bits per heavy atom. The Balaban J connectivity index is 2.37. The van der Waals surface area contributed by atoms with Gasteiger partial charge in [-0.05, 0) is 30.0 Å². The molecule has 0 unspecified atom stereocenters. The molecule has 0 amide bonds. The zero-order valence-electron chi connectivity index (χ0n) is 9.21. The minimum Gasteiger partial charge on any atom is -0.368 e. The molecule has 2 N–H and O–H groups in total. The third-order valence-electron chi connectivity index (χ3n) is 2.64. The predicted molar refractivity (Wildman–Crippen MR) is 69.8 cm³/mol. The SMILES string of the molecule is Cc1ccncc1-c1nc(N)nc2sccc12. The summed E-state index contributed by atoms with van der Waals surface area (Å²) in [7, 11) is 0. The van der Waals surface area contributed by atoms with Gasteiger partial charge in [-0.1, -0.05) is 0 Å². The molecule has 3 aromatic rings. The number of nitrogens with zero attached hydrogens (tertiary/aromatic N) is 3. The van der Waals surface area contributed by atoms with Gasteiger partial charge in [0.2, 0.25) is 5.95 Å². The van der Waals surface area contributed by atoms with Crippen LogP contribution < -0.4 is 5.73 Å². The number of aromatic nitrogens is 3. The van der Waals surface area contributed by atoms with Crippen molar-refractivity contribution in [2.45, 2.75) is 6.92 Å². The lowest BCUT2D eigenvalue weighted by molar-refractivity contribution is 1.22. The van der Waals surface area contributed by atoms with Crippen molar-refractivity contribution >= 4 is 27.5 Å². The van der Waals surface area contributed by atoms with E-state index in [9.17, 15) is 0 Å². The van der Waals surface area contributed by atoms with Crippen molar-refractivity contribution in [3.63, 3.8) is 0 Å². The van der Waals surface area contributed by atoms with Crippen LogP contribution in [0.5, 0.6) is 0 Å². The molecule has 3 aromatic heterocycles. The molecule has 0 atom stereocenters. The molecule has 5 heteroatoms. The molecule has 4 nitrogen and oxygen atoms in total. The highest BCUT2D eigenvalue weighted by Gasteiger charge is 2.11. The van der Waals surface area contributed by atoms with E-state index in [1.54, 1.807) is 17.5 Å². The van der Waals surface area contributed by atoms with Crippen LogP contribution in [-0.4, -0.2) is 15.0 Å². The van der Waals surface area contributed by atoms with Gasteiger partial charge in [0.05, 0.1) is 5.69 Å². The van der Waals surface area contributed by atoms with Crippen LogP contribution >= 0.6 is 11.3 Å². The van der Waals surface area contributed by atoms with Crippen LogP contribution in [0.25, 0.3) is 21.5 Å². The molecule has 0 aromatic carbocycles. The molecule has 17 heavy (non-hydrogen) atoms. The Morgan fingerprint density at radius 1 is 1.24 bits per heavy atom. The predicted octanol–water partition coefficient (Wildman–Crippen LogP) is 2.64. The molecule has 0 saturated carbocycles. The highest BCUT2D eigenvalue weighted by atomic mass is 32.1. The van der Waals surface area contributed by atoms with E-state index in [1.165, 1.54) is 0 Å². The number of anilines is 1. The quantitative estimate of drug-likeness (QED) is 0.712. The van der Waals surface area contributed by atoms with Gasteiger partial charge in [-0.15, -0.1) is 11.3 Å². The molecule has 84 valence electrons. The second-order valence-corrected chi connectivity index (χ2v) is 4.66. The van der Waals surface area contributed by atoms with Gasteiger partial charge in [0, 0.05) is 23.3 Å². The van der Waals surface area contributed by atoms with Crippen LogP contribution in [-0.2, 0) is 0 Å². The van der Waals surface area contributed by atoms with Crippen molar-refractivity contribution in [1.82, 2.24) is 15.0 Å². The van der Waals surface area contributed by atoms with Gasteiger partial charge < -0.3 is 5.73 Å². The summed E-state index contributed by atoms with van der Waals surface area (Å²) in [6.07, 6.45) is 3.59. The third-order valence-corrected chi connectivity index (χ3v) is 3.44. The molecule has 0 aliphatic heterocycles. The molecule has 0 bridgehead atoms. The Hall–Kier alpha value is -2.01. The summed E-state index contributed by atoms with van der Waals surface area (Å²) in [5.74, 6) is 0.304. The Labute approximate surface area is 102 Å². The second-order valence-electron chi connectivity index (χ2n) is 3.76. The largest absolute Gasteiger partial charge is 0.368 e. The molecule has 0 radical (unpaired) electrons. The Kier molecular flexibility index (Phi) is 2.26. The van der Waals surface area contributed by atoms with E-state index in [2.05, 4.69) is 15.0 Å². The van der Waals surface area contributed by atoms with E-state index in [0.717, 1.165) is 27.0 Å². The molecule has 0 aliphatic carbocycles. The standard InChI is InChI=1S/C12H10N4S/c1-7-2-4-14-6-9(7)10-8-3-5-17-11(8)16-12(13)15-10/h2-6H,1H3,(H2,13,15,16). The van der Waals surface area contributed by atoms with Crippen LogP contribution in [0.4, 0.5) is 5.95 Å². The molecule has 3 rings (SSSR count). The summed E-state index contributed by atoms with van der Waals surface area (Å²) in [4.78, 5) is 13.6. The maximum absolute atomic E-state index is 5.74. The van der Waals surface area contributed by atoms with Gasteiger partial charge in [-0.2, -0.15) is 0 Å². The zero-order valence-corrected chi connectivity index (χ0v) is 10.0. The molecule has 0 saturated heterocycles. The lowest BCUT2D eigenvalue weighted by atomic mass is 10.1. The number of rotatable bonds is 1. The number of nitrogens with two attached hydrogens (primary N) is 1. The number of pyridine rings is 1. The molecular weight excluding hydrogens is 232 g/mol. The fourth-order valence-electron chi connectivity index (χ4n) is 1.79. The van der Waals surface area contributed by atoms with Gasteiger partial charge in [0.15, 0.2) is 0 Å². The molecule has 0 spiro atoms. The second kappa shape index (κ2) is 3.78. The van der Waals surface area contributed by atoms with Crippen molar-refractivity contribution < 1.29 is 0 Å². The number of hydrogen-bond donors (Lipinski definition) is 1. The summed E-state index contributed by atoms with van der Waals surface area (Å²) in [6.45, 7) is 2.04. The third kappa shape index (κ3) is 1.64. The van der Waals surface area contributed by atoms with Gasteiger partial charge in [-0.25, -0.2) is 9.97 Å². The first-order valence-corrected chi connectivity index (χ1v) is 6.05. The maximum atomic E-state index is 5.74. The summed E-state index contributed by atoms with van der Waals surface area (Å²) in [5.41, 5.74) is 8.73. The lowest BCUT2D eigenvalue weighted by Gasteiger charge is -2.06. The fraction of sp³-hybridized carbons (Fsp3) is 0.0833. The van der Waals surface area contributed by atoms with E-state index in [0.29, 0.717) is 5.95 Å². The Bertz CT molecular complexity index is 690. The van der Waals surface area contributed by atoms with Crippen LogP contribution in [0.15, 0.2) is 29.9 Å². The average Bonchev–Trinajstić information content (AvgIpc) is 2.76. The number of fused-ring (bicyclic) bond motifs is 1. The first kappa shape index (κ1) is 10.2. The summed E-state index contributed by atoms with van der Waals surface area (Å²) < 4.78 is 0. The van der Waals surface area contributed by atoms with Gasteiger partial charge >= 0.3 is 0 Å². The van der Waals surface area contributed by atoms with Gasteiger partial charge in [0.1, 0.15) is 4.83 Å². The fourth-order valence-corrected chi connectivity index (χ4v) is 2.56. The van der Waals surface area contributed by atoms with Crippen LogP contribution in [0.2, 0.25) is 0 Å². The number of nitrogen functional groups attached to an aromatic ring is 1. The van der Waals surface area contributed by atoms with E-state index in [4.69, 9.17) is 5.73 Å². The van der Waals surface area contributed by atoms with E-state index in [-0.39, 0.29) is 0 Å². The lowest BCUT2D eigenvalue weighted by Crippen LogP contribution is -1.97. The van der Waals surface area contributed by atoms with E-state index < -0.39 is 0 Å². The van der Waals surface area contributed by atoms with Crippen LogP contribution in [0.3, 0.4) is 0 Å². The molecule has 0 fully saturated rings. The zero-order chi connectivity index (χ0) is 11.8. The first-order valence-electron chi connectivity index (χ1n) is 5.17. The smallest absolute Gasteiger partial charge is 0.221 e. The van der Waals surface area contributed by atoms with E-state index in [1.807, 2.05) is 30.6 Å². The monoisotopic (exact) mass is 242 g/mol. The highest BCUT2D eigenvalue weighted by molar-refractivity contribution is 7.16. The van der Waals surface area contributed by atoms with E-state index >= 15 is 0 Å². The van der Waals surface area contributed by atoms with Crippen molar-refractivity contribution in [3.8, 4) is 11.3 Å². The Morgan fingerprint density at radius 2 is 2.12 bits per heavy atom. The summed E-state index contributed by atoms with van der Waals surface area (Å²) in [6, 6.07) is 3.98. The number of aryl methyl sites for hydroxylation is 1. The average molecular weight is 242 g/mol. The van der Waals surface area contributed by atoms with Crippen molar-refractivity contribution in [3.05, 3.63) is 35.5 Å². The highest BCUT2D eigenvalue weighted by Crippen LogP contribution is 2.30. The van der Waals surface area contributed by atoms with Crippen LogP contribution in [0, 0.1) is 6.92 Å². The van der Waals surface area contributed by atoms with Crippen molar-refractivity contribution in [1.29, 1.82) is 0 Å². The number of thiophene rings is 1. The van der Waals surface area contributed by atoms with Crippen LogP contribution in [0.1, 0.15) is 5.56 Å². The normalized spacial score (nSPS) is 10.9. The van der Waals surface area contributed by atoms with Gasteiger partial charge in [-0.3, -0.25) is 4.98 Å². The van der Waals surface area contributed by atoms with Gasteiger partial charge in [0.25, 0.3) is 0 Å². The number of hydrogen-bond acceptors (Lipinski definition) is 5. The molecule has 0 aliphatic rings. The summed E-state index contributed by atoms with van der Waals surface area (Å²) in [5, 5.41) is 3.02. The molecular formula is C12H10N4S. The first-order chi connectivity index (χ1) is 8.25. The molecule has 3 heterocycles. The minimum atomic E-state index is 0.304. The van der Waals surface area contributed by atoms with Crippen molar-refractivity contribution in [2.24, 2.45) is 0 Å². The maximum Gasteiger partial charge on any atom is 0.221 e. The van der Waals surface area contributed by atoms with Crippen molar-refractivity contribution in [2.75, 3.05) is 5.73 Å². The topological polar surface area (TPSA) is 64.7 Å². The summed E-state index contributed by atoms with van der Waals surface area (Å²) >= 11 is 1.56.